The zero-order chi connectivity index (χ0) is 18.6. The lowest BCUT2D eigenvalue weighted by Crippen LogP contribution is -2.23. The maximum absolute atomic E-state index is 11.9. The Balaban J connectivity index is 2.63. The third kappa shape index (κ3) is 4.74. The smallest absolute Gasteiger partial charge is 0.326 e. The summed E-state index contributed by atoms with van der Waals surface area (Å²) in [5.74, 6) is -0.777. The van der Waals surface area contributed by atoms with E-state index in [0.29, 0.717) is 21.4 Å². The van der Waals surface area contributed by atoms with Crippen LogP contribution in [0.5, 0.6) is 0 Å². The van der Waals surface area contributed by atoms with Gasteiger partial charge in [0.1, 0.15) is 6.54 Å². The van der Waals surface area contributed by atoms with Crippen molar-refractivity contribution in [1.82, 2.24) is 4.57 Å². The van der Waals surface area contributed by atoms with E-state index in [2.05, 4.69) is 4.99 Å². The average Bonchev–Trinajstić information content (AvgIpc) is 2.83. The second kappa shape index (κ2) is 7.89. The highest BCUT2D eigenvalue weighted by Gasteiger charge is 2.15. The van der Waals surface area contributed by atoms with Crippen LogP contribution in [0, 0.1) is 0 Å². The molecule has 0 bridgehead atoms. The van der Waals surface area contributed by atoms with Crippen LogP contribution in [0.2, 0.25) is 0 Å². The predicted octanol–water partition coefficient (Wildman–Crippen LogP) is 1.14. The van der Waals surface area contributed by atoms with Crippen LogP contribution >= 0.6 is 11.3 Å². The quantitative estimate of drug-likeness (QED) is 0.748. The number of sulfonamides is 1. The summed E-state index contributed by atoms with van der Waals surface area (Å²) in [6, 6.07) is 4.29. The number of ether oxygens (including phenoxy) is 1. The molecule has 0 atom stereocenters. The number of rotatable bonds is 6. The molecule has 2 N–H and O–H groups in total. The molecule has 0 spiro atoms. The van der Waals surface area contributed by atoms with Crippen molar-refractivity contribution in [2.45, 2.75) is 38.1 Å². The number of primary sulfonamides is 1. The summed E-state index contributed by atoms with van der Waals surface area (Å²) in [6.45, 7) is 3.67. The van der Waals surface area contributed by atoms with Crippen LogP contribution in [0.3, 0.4) is 0 Å². The first-order chi connectivity index (χ1) is 11.8. The molecule has 0 radical (unpaired) electrons. The number of nitrogens with zero attached hydrogens (tertiary/aromatic N) is 2. The van der Waals surface area contributed by atoms with Crippen LogP contribution in [0.25, 0.3) is 10.2 Å². The van der Waals surface area contributed by atoms with Crippen LogP contribution in [-0.4, -0.2) is 31.5 Å². The van der Waals surface area contributed by atoms with Crippen molar-refractivity contribution >= 4 is 43.5 Å². The van der Waals surface area contributed by atoms with Gasteiger partial charge in [-0.3, -0.25) is 9.59 Å². The van der Waals surface area contributed by atoms with E-state index in [-0.39, 0.29) is 30.4 Å². The van der Waals surface area contributed by atoms with Crippen molar-refractivity contribution in [1.29, 1.82) is 0 Å². The Morgan fingerprint density at radius 2 is 2.04 bits per heavy atom. The third-order valence-electron chi connectivity index (χ3n) is 3.26. The van der Waals surface area contributed by atoms with Gasteiger partial charge in [0.15, 0.2) is 4.80 Å². The van der Waals surface area contributed by atoms with Crippen molar-refractivity contribution in [3.05, 3.63) is 23.0 Å². The third-order valence-corrected chi connectivity index (χ3v) is 5.21. The van der Waals surface area contributed by atoms with Gasteiger partial charge in [-0.1, -0.05) is 18.3 Å². The van der Waals surface area contributed by atoms with E-state index in [0.717, 1.165) is 11.3 Å². The molecule has 1 aromatic carbocycles. The lowest BCUT2D eigenvalue weighted by molar-refractivity contribution is -0.143. The fraction of sp³-hybridized carbons (Fsp3) is 0.400. The van der Waals surface area contributed by atoms with E-state index < -0.39 is 16.0 Å². The first kappa shape index (κ1) is 19.3. The largest absolute Gasteiger partial charge is 0.465 e. The SMILES string of the molecule is CCCC(=O)N=c1sc2cc(S(N)(=O)=O)ccc2n1CC(=O)OCC. The summed E-state index contributed by atoms with van der Waals surface area (Å²) in [5, 5.41) is 5.15. The summed E-state index contributed by atoms with van der Waals surface area (Å²) < 4.78 is 30.1. The Morgan fingerprint density at radius 3 is 2.64 bits per heavy atom. The van der Waals surface area contributed by atoms with Crippen molar-refractivity contribution in [2.24, 2.45) is 10.1 Å². The van der Waals surface area contributed by atoms with E-state index in [4.69, 9.17) is 9.88 Å². The molecule has 0 aliphatic rings. The minimum absolute atomic E-state index is 0.0454. The fourth-order valence-electron chi connectivity index (χ4n) is 2.18. The van der Waals surface area contributed by atoms with Crippen LogP contribution in [-0.2, 0) is 30.9 Å². The monoisotopic (exact) mass is 385 g/mol. The molecule has 2 aromatic rings. The average molecular weight is 385 g/mol. The number of carbonyl (C=O) groups is 2. The van der Waals surface area contributed by atoms with Crippen molar-refractivity contribution < 1.29 is 22.7 Å². The van der Waals surface area contributed by atoms with Gasteiger partial charge in [-0.2, -0.15) is 4.99 Å². The molecular formula is C15H19N3O5S2. The minimum Gasteiger partial charge on any atom is -0.465 e. The number of aromatic nitrogens is 1. The Labute approximate surface area is 149 Å². The standard InChI is InChI=1S/C15H19N3O5S2/c1-3-5-13(19)17-15-18(9-14(20)23-4-2)11-7-6-10(25(16,21)22)8-12(11)24-15/h6-8H,3-5,9H2,1-2H3,(H2,16,21,22). The molecule has 0 saturated heterocycles. The number of fused-ring (bicyclic) bond motifs is 1. The van der Waals surface area contributed by atoms with E-state index in [1.807, 2.05) is 6.92 Å². The van der Waals surface area contributed by atoms with E-state index >= 15 is 0 Å². The molecule has 0 aliphatic carbocycles. The number of hydrogen-bond donors (Lipinski definition) is 1. The van der Waals surface area contributed by atoms with Gasteiger partial charge >= 0.3 is 5.97 Å². The van der Waals surface area contributed by atoms with E-state index in [1.54, 1.807) is 11.5 Å². The Morgan fingerprint density at radius 1 is 1.32 bits per heavy atom. The zero-order valence-corrected chi connectivity index (χ0v) is 15.5. The second-order valence-electron chi connectivity index (χ2n) is 5.21. The van der Waals surface area contributed by atoms with E-state index in [9.17, 15) is 18.0 Å². The zero-order valence-electron chi connectivity index (χ0n) is 13.9. The van der Waals surface area contributed by atoms with Crippen molar-refractivity contribution in [3.8, 4) is 0 Å². The normalized spacial score (nSPS) is 12.5. The van der Waals surface area contributed by atoms with E-state index in [1.165, 1.54) is 18.2 Å². The van der Waals surface area contributed by atoms with Gasteiger partial charge in [0.25, 0.3) is 0 Å². The molecule has 0 unspecified atom stereocenters. The summed E-state index contributed by atoms with van der Waals surface area (Å²) >= 11 is 1.12. The first-order valence-electron chi connectivity index (χ1n) is 7.65. The highest BCUT2D eigenvalue weighted by molar-refractivity contribution is 7.89. The summed E-state index contributed by atoms with van der Waals surface area (Å²) in [5.41, 5.74) is 0.577. The molecule has 10 heteroatoms. The van der Waals surface area contributed by atoms with Crippen LogP contribution in [0.1, 0.15) is 26.7 Å². The Hall–Kier alpha value is -2.04. The summed E-state index contributed by atoms with van der Waals surface area (Å²) in [7, 11) is -3.85. The van der Waals surface area contributed by atoms with Gasteiger partial charge in [0.2, 0.25) is 15.9 Å². The number of benzene rings is 1. The number of amides is 1. The molecule has 25 heavy (non-hydrogen) atoms. The number of nitrogens with two attached hydrogens (primary N) is 1. The summed E-state index contributed by atoms with van der Waals surface area (Å²) in [4.78, 5) is 28.0. The van der Waals surface area contributed by atoms with Gasteiger partial charge in [-0.25, -0.2) is 13.6 Å². The lowest BCUT2D eigenvalue weighted by atomic mass is 10.3. The molecule has 0 saturated carbocycles. The minimum atomic E-state index is -3.85. The highest BCUT2D eigenvalue weighted by atomic mass is 32.2. The van der Waals surface area contributed by atoms with Crippen LogP contribution in [0.4, 0.5) is 0 Å². The topological polar surface area (TPSA) is 121 Å². The second-order valence-corrected chi connectivity index (χ2v) is 7.78. The highest BCUT2D eigenvalue weighted by Crippen LogP contribution is 2.21. The molecular weight excluding hydrogens is 366 g/mol. The van der Waals surface area contributed by atoms with Crippen LogP contribution in [0.15, 0.2) is 28.1 Å². The summed E-state index contributed by atoms with van der Waals surface area (Å²) in [6.07, 6.45) is 0.941. The predicted molar refractivity (Wildman–Crippen MR) is 93.3 cm³/mol. The van der Waals surface area contributed by atoms with Gasteiger partial charge in [-0.15, -0.1) is 0 Å². The van der Waals surface area contributed by atoms with Crippen molar-refractivity contribution in [3.63, 3.8) is 0 Å². The Kier molecular flexibility index (Phi) is 6.09. The molecule has 1 aromatic heterocycles. The number of hydrogen-bond acceptors (Lipinski definition) is 6. The first-order valence-corrected chi connectivity index (χ1v) is 10.0. The van der Waals surface area contributed by atoms with Crippen LogP contribution < -0.4 is 9.94 Å². The van der Waals surface area contributed by atoms with Gasteiger partial charge in [-0.05, 0) is 31.5 Å². The molecule has 8 nitrogen and oxygen atoms in total. The lowest BCUT2D eigenvalue weighted by Gasteiger charge is -2.05. The fourth-order valence-corrected chi connectivity index (χ4v) is 3.88. The molecule has 136 valence electrons. The Bertz CT molecular complexity index is 973. The molecule has 1 heterocycles. The molecule has 0 aliphatic heterocycles. The molecule has 0 fully saturated rings. The number of thiazole rings is 1. The molecule has 2 rings (SSSR count). The maximum Gasteiger partial charge on any atom is 0.326 e. The van der Waals surface area contributed by atoms with Gasteiger partial charge < -0.3 is 9.30 Å². The maximum atomic E-state index is 11.9. The molecule has 1 amide bonds. The van der Waals surface area contributed by atoms with Gasteiger partial charge in [0.05, 0.1) is 21.7 Å². The van der Waals surface area contributed by atoms with Gasteiger partial charge in [0, 0.05) is 6.42 Å². The number of esters is 1. The number of carbonyl (C=O) groups excluding carboxylic acids is 2. The van der Waals surface area contributed by atoms with Crippen molar-refractivity contribution in [2.75, 3.05) is 6.61 Å².